The molecular weight excluding hydrogens is 479 g/mol. The van der Waals surface area contributed by atoms with Crippen LogP contribution in [0.1, 0.15) is 62.9 Å². The molecule has 7 heteroatoms. The average Bonchev–Trinajstić information content (AvgIpc) is 2.84. The molecule has 0 fully saturated rings. The van der Waals surface area contributed by atoms with Gasteiger partial charge in [0.15, 0.2) is 0 Å². The van der Waals surface area contributed by atoms with Crippen molar-refractivity contribution >= 4 is 23.2 Å². The van der Waals surface area contributed by atoms with Gasteiger partial charge in [0.25, 0.3) is 5.91 Å². The summed E-state index contributed by atoms with van der Waals surface area (Å²) in [6, 6.07) is 12.2. The molecule has 2 amide bonds. The standard InChI is InChI=1S/C31H45FN4O2/c1-23(2)18-30(37)36-17-9-15-34(21-24(3)4)14-8-16-35(22-26-19-27(32)12-13-29(26)36)31(38)25-10-7-11-28(20-25)33(5)6/h7,10-13,19-20,23-24H,8-9,14-18,21-22H2,1-6H3. The van der Waals surface area contributed by atoms with Crippen LogP contribution in [0.2, 0.25) is 0 Å². The Labute approximate surface area is 228 Å². The Morgan fingerprint density at radius 3 is 2.29 bits per heavy atom. The number of fused-ring (bicyclic) bond motifs is 1. The summed E-state index contributed by atoms with van der Waals surface area (Å²) in [6.07, 6.45) is 2.09. The topological polar surface area (TPSA) is 47.1 Å². The summed E-state index contributed by atoms with van der Waals surface area (Å²) < 4.78 is 14.5. The SMILES string of the molecule is CC(C)CC(=O)N1CCCN(CC(C)C)CCCN(C(=O)c2cccc(N(C)C)c2)Cc2cc(F)ccc21. The van der Waals surface area contributed by atoms with Crippen molar-refractivity contribution in [1.29, 1.82) is 0 Å². The molecule has 2 aromatic carbocycles. The summed E-state index contributed by atoms with van der Waals surface area (Å²) in [4.78, 5) is 35.3. The Balaban J connectivity index is 2.02. The van der Waals surface area contributed by atoms with Crippen LogP contribution in [0.5, 0.6) is 0 Å². The fourth-order valence-electron chi connectivity index (χ4n) is 5.09. The van der Waals surface area contributed by atoms with E-state index < -0.39 is 0 Å². The largest absolute Gasteiger partial charge is 0.378 e. The van der Waals surface area contributed by atoms with Crippen molar-refractivity contribution in [2.75, 3.05) is 56.6 Å². The zero-order chi connectivity index (χ0) is 27.8. The van der Waals surface area contributed by atoms with Crippen LogP contribution in [0.4, 0.5) is 15.8 Å². The molecule has 0 spiro atoms. The second-order valence-corrected chi connectivity index (χ2v) is 11.5. The smallest absolute Gasteiger partial charge is 0.254 e. The number of hydrogen-bond donors (Lipinski definition) is 0. The summed E-state index contributed by atoms with van der Waals surface area (Å²) in [5, 5.41) is 0. The van der Waals surface area contributed by atoms with Gasteiger partial charge in [0.2, 0.25) is 5.91 Å². The number of rotatable bonds is 6. The lowest BCUT2D eigenvalue weighted by Gasteiger charge is -2.32. The lowest BCUT2D eigenvalue weighted by Crippen LogP contribution is -2.40. The molecule has 0 aromatic heterocycles. The van der Waals surface area contributed by atoms with E-state index in [1.54, 1.807) is 6.07 Å². The van der Waals surface area contributed by atoms with Crippen molar-refractivity contribution in [3.8, 4) is 0 Å². The van der Waals surface area contributed by atoms with Gasteiger partial charge in [0.05, 0.1) is 0 Å². The number of anilines is 2. The van der Waals surface area contributed by atoms with E-state index in [1.807, 2.05) is 66.9 Å². The minimum absolute atomic E-state index is 0.0388. The molecule has 0 unspecified atom stereocenters. The first-order chi connectivity index (χ1) is 18.0. The predicted octanol–water partition coefficient (Wildman–Crippen LogP) is 5.67. The molecule has 0 N–H and O–H groups in total. The molecule has 2 aromatic rings. The van der Waals surface area contributed by atoms with Gasteiger partial charge < -0.3 is 19.6 Å². The van der Waals surface area contributed by atoms with Gasteiger partial charge >= 0.3 is 0 Å². The van der Waals surface area contributed by atoms with E-state index in [0.29, 0.717) is 42.2 Å². The Kier molecular flexibility index (Phi) is 10.7. The van der Waals surface area contributed by atoms with Crippen molar-refractivity contribution in [2.45, 2.75) is 53.5 Å². The van der Waals surface area contributed by atoms with Gasteiger partial charge in [-0.3, -0.25) is 9.59 Å². The molecule has 1 heterocycles. The summed E-state index contributed by atoms with van der Waals surface area (Å²) in [5.74, 6) is 0.328. The highest BCUT2D eigenvalue weighted by atomic mass is 19.1. The van der Waals surface area contributed by atoms with Crippen LogP contribution in [0.25, 0.3) is 0 Å². The summed E-state index contributed by atoms with van der Waals surface area (Å²) in [7, 11) is 3.90. The Bertz CT molecular complexity index is 1090. The van der Waals surface area contributed by atoms with Crippen LogP contribution in [0.15, 0.2) is 42.5 Å². The summed E-state index contributed by atoms with van der Waals surface area (Å²) in [5.41, 5.74) is 2.92. The van der Waals surface area contributed by atoms with Crippen LogP contribution in [0, 0.1) is 17.7 Å². The molecular formula is C31H45FN4O2. The normalized spacial score (nSPS) is 15.7. The Morgan fingerprint density at radius 2 is 1.63 bits per heavy atom. The fourth-order valence-corrected chi connectivity index (χ4v) is 5.09. The third-order valence-corrected chi connectivity index (χ3v) is 6.86. The lowest BCUT2D eigenvalue weighted by molar-refractivity contribution is -0.119. The molecule has 0 saturated carbocycles. The third-order valence-electron chi connectivity index (χ3n) is 6.86. The second-order valence-electron chi connectivity index (χ2n) is 11.5. The molecule has 0 atom stereocenters. The molecule has 6 nitrogen and oxygen atoms in total. The molecule has 38 heavy (non-hydrogen) atoms. The number of carbonyl (C=O) groups is 2. The first-order valence-corrected chi connectivity index (χ1v) is 13.9. The van der Waals surface area contributed by atoms with Crippen LogP contribution >= 0.6 is 0 Å². The van der Waals surface area contributed by atoms with Crippen LogP contribution in [0.3, 0.4) is 0 Å². The number of halogens is 1. The lowest BCUT2D eigenvalue weighted by atomic mass is 10.1. The molecule has 1 aliphatic rings. The number of nitrogens with zero attached hydrogens (tertiary/aromatic N) is 4. The zero-order valence-corrected chi connectivity index (χ0v) is 24.0. The van der Waals surface area contributed by atoms with Crippen LogP contribution in [-0.2, 0) is 11.3 Å². The molecule has 0 aliphatic carbocycles. The van der Waals surface area contributed by atoms with Gasteiger partial charge in [-0.15, -0.1) is 0 Å². The maximum atomic E-state index is 14.5. The first kappa shape index (κ1) is 29.6. The maximum Gasteiger partial charge on any atom is 0.254 e. The average molecular weight is 525 g/mol. The van der Waals surface area contributed by atoms with Crippen molar-refractivity contribution < 1.29 is 14.0 Å². The van der Waals surface area contributed by atoms with E-state index >= 15 is 0 Å². The van der Waals surface area contributed by atoms with Gasteiger partial charge in [0, 0.05) is 63.6 Å². The predicted molar refractivity (Wildman–Crippen MR) is 154 cm³/mol. The van der Waals surface area contributed by atoms with Crippen molar-refractivity contribution in [2.24, 2.45) is 11.8 Å². The fraction of sp³-hybridized carbons (Fsp3) is 0.548. The minimum atomic E-state index is -0.364. The molecule has 0 radical (unpaired) electrons. The first-order valence-electron chi connectivity index (χ1n) is 13.9. The molecule has 3 rings (SSSR count). The van der Waals surface area contributed by atoms with Crippen LogP contribution < -0.4 is 9.80 Å². The number of carbonyl (C=O) groups excluding carboxylic acids is 2. The highest BCUT2D eigenvalue weighted by Gasteiger charge is 2.25. The van der Waals surface area contributed by atoms with Crippen LogP contribution in [-0.4, -0.2) is 68.4 Å². The van der Waals surface area contributed by atoms with E-state index in [0.717, 1.165) is 38.2 Å². The Hall–Kier alpha value is -2.93. The van der Waals surface area contributed by atoms with Crippen molar-refractivity contribution in [3.05, 3.63) is 59.4 Å². The van der Waals surface area contributed by atoms with E-state index in [-0.39, 0.29) is 30.1 Å². The van der Waals surface area contributed by atoms with Gasteiger partial charge in [-0.05, 0) is 79.7 Å². The monoisotopic (exact) mass is 524 g/mol. The second kappa shape index (κ2) is 13.7. The van der Waals surface area contributed by atoms with Gasteiger partial charge in [-0.2, -0.15) is 0 Å². The molecule has 0 saturated heterocycles. The number of amides is 2. The highest BCUT2D eigenvalue weighted by molar-refractivity contribution is 5.96. The number of hydrogen-bond acceptors (Lipinski definition) is 4. The maximum absolute atomic E-state index is 14.5. The minimum Gasteiger partial charge on any atom is -0.378 e. The van der Waals surface area contributed by atoms with Gasteiger partial charge in [-0.1, -0.05) is 33.8 Å². The van der Waals surface area contributed by atoms with Gasteiger partial charge in [-0.25, -0.2) is 4.39 Å². The quantitative estimate of drug-likeness (QED) is 0.489. The Morgan fingerprint density at radius 1 is 0.921 bits per heavy atom. The molecule has 208 valence electrons. The third kappa shape index (κ3) is 8.29. The van der Waals surface area contributed by atoms with Crippen molar-refractivity contribution in [3.63, 3.8) is 0 Å². The number of benzene rings is 2. The van der Waals surface area contributed by atoms with E-state index in [9.17, 15) is 14.0 Å². The molecule has 0 bridgehead atoms. The molecule has 1 aliphatic heterocycles. The zero-order valence-electron chi connectivity index (χ0n) is 24.0. The van der Waals surface area contributed by atoms with E-state index in [4.69, 9.17) is 0 Å². The summed E-state index contributed by atoms with van der Waals surface area (Å²) in [6.45, 7) is 12.6. The van der Waals surface area contributed by atoms with E-state index in [1.165, 1.54) is 12.1 Å². The van der Waals surface area contributed by atoms with E-state index in [2.05, 4.69) is 18.7 Å². The van der Waals surface area contributed by atoms with Crippen molar-refractivity contribution in [1.82, 2.24) is 9.80 Å². The summed E-state index contributed by atoms with van der Waals surface area (Å²) >= 11 is 0. The highest BCUT2D eigenvalue weighted by Crippen LogP contribution is 2.27. The van der Waals surface area contributed by atoms with Gasteiger partial charge in [0.1, 0.15) is 5.82 Å².